The topological polar surface area (TPSA) is 62.2 Å². The Labute approximate surface area is 141 Å². The van der Waals surface area contributed by atoms with Crippen LogP contribution in [-0.2, 0) is 9.53 Å². The summed E-state index contributed by atoms with van der Waals surface area (Å²) in [7, 11) is 1.79. The fourth-order valence-electron chi connectivity index (χ4n) is 2.56. The molecule has 1 aliphatic rings. The number of morpholine rings is 1. The van der Waals surface area contributed by atoms with E-state index >= 15 is 0 Å². The monoisotopic (exact) mass is 342 g/mol. The number of ether oxygens (including phenoxy) is 2. The van der Waals surface area contributed by atoms with Crippen molar-refractivity contribution in [2.75, 3.05) is 53.0 Å². The zero-order valence-corrected chi connectivity index (χ0v) is 14.0. The number of carbonyl (C=O) groups is 1. The Bertz CT molecular complexity index is 497. The number of halogens is 1. The maximum Gasteiger partial charge on any atom is 0.317 e. The molecule has 0 aromatic heterocycles. The summed E-state index contributed by atoms with van der Waals surface area (Å²) in [5, 5.41) is 9.48. The summed E-state index contributed by atoms with van der Waals surface area (Å²) in [6.45, 7) is 4.36. The highest BCUT2D eigenvalue weighted by Gasteiger charge is 2.22. The zero-order valence-electron chi connectivity index (χ0n) is 13.3. The van der Waals surface area contributed by atoms with E-state index in [1.54, 1.807) is 24.1 Å². The molecule has 1 heterocycles. The minimum Gasteiger partial charge on any atom is -0.492 e. The van der Waals surface area contributed by atoms with E-state index in [1.807, 2.05) is 12.1 Å². The minimum absolute atomic E-state index is 0.0273. The molecule has 0 amide bonds. The number of hydrogen-bond donors (Lipinski definition) is 1. The number of nitrogens with zero attached hydrogens (tertiary/aromatic N) is 2. The molecule has 1 saturated heterocycles. The Kier molecular flexibility index (Phi) is 7.11. The number of hydrogen-bond acceptors (Lipinski definition) is 5. The molecule has 0 bridgehead atoms. The minimum atomic E-state index is -0.823. The number of rotatable bonds is 8. The van der Waals surface area contributed by atoms with E-state index in [1.165, 1.54) is 0 Å². The van der Waals surface area contributed by atoms with Crippen molar-refractivity contribution in [3.63, 3.8) is 0 Å². The van der Waals surface area contributed by atoms with Gasteiger partial charge >= 0.3 is 5.97 Å². The predicted octanol–water partition coefficient (Wildman–Crippen LogP) is 1.44. The van der Waals surface area contributed by atoms with Gasteiger partial charge in [-0.2, -0.15) is 0 Å². The summed E-state index contributed by atoms with van der Waals surface area (Å²) in [4.78, 5) is 14.7. The molecule has 1 N–H and O–H groups in total. The van der Waals surface area contributed by atoms with Crippen molar-refractivity contribution in [3.05, 3.63) is 29.3 Å². The maximum atomic E-state index is 10.7. The van der Waals surface area contributed by atoms with Gasteiger partial charge in [0.2, 0.25) is 0 Å². The third kappa shape index (κ3) is 6.74. The number of aliphatic carboxylic acids is 1. The smallest absolute Gasteiger partial charge is 0.317 e. The lowest BCUT2D eigenvalue weighted by Crippen LogP contribution is -2.48. The largest absolute Gasteiger partial charge is 0.492 e. The molecular weight excluding hydrogens is 320 g/mol. The first-order valence-electron chi connectivity index (χ1n) is 7.65. The average Bonchev–Trinajstić information content (AvgIpc) is 2.49. The molecule has 7 heteroatoms. The summed E-state index contributed by atoms with van der Waals surface area (Å²) in [5.41, 5.74) is 0. The highest BCUT2D eigenvalue weighted by Crippen LogP contribution is 2.15. The summed E-state index contributed by atoms with van der Waals surface area (Å²) < 4.78 is 11.4. The number of carboxylic acid groups (broad SMARTS) is 1. The molecule has 2 rings (SSSR count). The van der Waals surface area contributed by atoms with Gasteiger partial charge in [0.1, 0.15) is 12.4 Å². The summed E-state index contributed by atoms with van der Waals surface area (Å²) in [5.74, 6) is -0.0167. The van der Waals surface area contributed by atoms with Crippen molar-refractivity contribution in [1.82, 2.24) is 9.80 Å². The maximum absolute atomic E-state index is 10.7. The zero-order chi connectivity index (χ0) is 16.7. The second kappa shape index (κ2) is 9.08. The van der Waals surface area contributed by atoms with Gasteiger partial charge in [-0.25, -0.2) is 0 Å². The molecule has 1 aliphatic heterocycles. The molecule has 0 spiro atoms. The van der Waals surface area contributed by atoms with Crippen LogP contribution in [0.25, 0.3) is 0 Å². The molecule has 128 valence electrons. The van der Waals surface area contributed by atoms with E-state index in [0.29, 0.717) is 24.8 Å². The molecule has 0 saturated carbocycles. The van der Waals surface area contributed by atoms with Crippen molar-refractivity contribution < 1.29 is 19.4 Å². The van der Waals surface area contributed by atoms with Crippen LogP contribution in [0.3, 0.4) is 0 Å². The molecule has 0 aliphatic carbocycles. The van der Waals surface area contributed by atoms with E-state index in [4.69, 9.17) is 26.2 Å². The van der Waals surface area contributed by atoms with Crippen LogP contribution in [0.15, 0.2) is 24.3 Å². The van der Waals surface area contributed by atoms with E-state index < -0.39 is 5.97 Å². The SMILES string of the molecule is CN(CC(=O)O)CC1CN(CCOc2ccc(Cl)cc2)CCO1. The molecule has 1 aromatic carbocycles. The fourth-order valence-corrected chi connectivity index (χ4v) is 2.69. The Morgan fingerprint density at radius 2 is 2.22 bits per heavy atom. The summed E-state index contributed by atoms with van der Waals surface area (Å²) in [6, 6.07) is 7.32. The normalized spacial score (nSPS) is 19.0. The van der Waals surface area contributed by atoms with Crippen LogP contribution in [0.5, 0.6) is 5.75 Å². The van der Waals surface area contributed by atoms with Gasteiger partial charge in [-0.3, -0.25) is 14.6 Å². The molecule has 0 radical (unpaired) electrons. The van der Waals surface area contributed by atoms with Gasteiger partial charge in [0.25, 0.3) is 0 Å². The van der Waals surface area contributed by atoms with Gasteiger partial charge in [0.05, 0.1) is 19.3 Å². The average molecular weight is 343 g/mol. The van der Waals surface area contributed by atoms with Crippen LogP contribution in [0.4, 0.5) is 0 Å². The Balaban J connectivity index is 1.69. The highest BCUT2D eigenvalue weighted by molar-refractivity contribution is 6.30. The number of benzene rings is 1. The molecule has 1 atom stereocenters. The Morgan fingerprint density at radius 3 is 2.91 bits per heavy atom. The standard InChI is InChI=1S/C16H23ClN2O4/c1-18(12-16(20)21)10-15-11-19(7-9-23-15)6-8-22-14-4-2-13(17)3-5-14/h2-5,15H,6-12H2,1H3,(H,20,21). The molecular formula is C16H23ClN2O4. The third-order valence-corrected chi connectivity index (χ3v) is 3.89. The van der Waals surface area contributed by atoms with Crippen molar-refractivity contribution in [2.24, 2.45) is 0 Å². The fraction of sp³-hybridized carbons (Fsp3) is 0.562. The Morgan fingerprint density at radius 1 is 1.48 bits per heavy atom. The highest BCUT2D eigenvalue weighted by atomic mass is 35.5. The van der Waals surface area contributed by atoms with Crippen molar-refractivity contribution in [3.8, 4) is 5.75 Å². The van der Waals surface area contributed by atoms with E-state index in [2.05, 4.69) is 4.90 Å². The molecule has 6 nitrogen and oxygen atoms in total. The molecule has 1 unspecified atom stereocenters. The van der Waals surface area contributed by atoms with E-state index in [-0.39, 0.29) is 12.6 Å². The van der Waals surface area contributed by atoms with Gasteiger partial charge in [0, 0.05) is 31.2 Å². The van der Waals surface area contributed by atoms with Crippen LogP contribution >= 0.6 is 11.6 Å². The van der Waals surface area contributed by atoms with Crippen molar-refractivity contribution in [2.45, 2.75) is 6.10 Å². The number of carboxylic acids is 1. The van der Waals surface area contributed by atoms with Crippen LogP contribution < -0.4 is 4.74 Å². The lowest BCUT2D eigenvalue weighted by atomic mass is 10.2. The summed E-state index contributed by atoms with van der Waals surface area (Å²) >= 11 is 5.84. The van der Waals surface area contributed by atoms with Gasteiger partial charge in [-0.15, -0.1) is 0 Å². The van der Waals surface area contributed by atoms with Crippen LogP contribution in [0, 0.1) is 0 Å². The Hall–Kier alpha value is -1.34. The number of likely N-dealkylation sites (N-methyl/N-ethyl adjacent to an activating group) is 1. The van der Waals surface area contributed by atoms with E-state index in [9.17, 15) is 4.79 Å². The molecule has 1 fully saturated rings. The third-order valence-electron chi connectivity index (χ3n) is 3.63. The van der Waals surface area contributed by atoms with Gasteiger partial charge in [0.15, 0.2) is 0 Å². The lowest BCUT2D eigenvalue weighted by Gasteiger charge is -2.34. The van der Waals surface area contributed by atoms with Crippen LogP contribution in [-0.4, -0.2) is 80.0 Å². The lowest BCUT2D eigenvalue weighted by molar-refractivity contribution is -0.138. The van der Waals surface area contributed by atoms with Crippen LogP contribution in [0.1, 0.15) is 0 Å². The van der Waals surface area contributed by atoms with Gasteiger partial charge < -0.3 is 14.6 Å². The predicted molar refractivity (Wildman–Crippen MR) is 88.3 cm³/mol. The first kappa shape index (κ1) is 18.0. The first-order valence-corrected chi connectivity index (χ1v) is 8.03. The quantitative estimate of drug-likeness (QED) is 0.771. The van der Waals surface area contributed by atoms with Crippen molar-refractivity contribution >= 4 is 17.6 Å². The second-order valence-corrected chi connectivity index (χ2v) is 6.12. The second-order valence-electron chi connectivity index (χ2n) is 5.69. The van der Waals surface area contributed by atoms with Crippen LogP contribution in [0.2, 0.25) is 5.02 Å². The van der Waals surface area contributed by atoms with Gasteiger partial charge in [-0.1, -0.05) is 11.6 Å². The van der Waals surface area contributed by atoms with E-state index in [0.717, 1.165) is 25.4 Å². The first-order chi connectivity index (χ1) is 11.0. The summed E-state index contributed by atoms with van der Waals surface area (Å²) in [6.07, 6.45) is 0.0311. The molecule has 23 heavy (non-hydrogen) atoms. The molecule has 1 aromatic rings. The van der Waals surface area contributed by atoms with Gasteiger partial charge in [-0.05, 0) is 31.3 Å². The van der Waals surface area contributed by atoms with Crippen molar-refractivity contribution in [1.29, 1.82) is 0 Å².